The molecule has 0 aromatic heterocycles. The van der Waals surface area contributed by atoms with Gasteiger partial charge in [0.2, 0.25) is 5.91 Å². The van der Waals surface area contributed by atoms with Gasteiger partial charge >= 0.3 is 0 Å². The van der Waals surface area contributed by atoms with Crippen LogP contribution >= 0.6 is 0 Å². The normalized spacial score (nSPS) is 15.0. The molecule has 1 aliphatic rings. The number of ether oxygens (including phenoxy) is 3. The summed E-state index contributed by atoms with van der Waals surface area (Å²) in [6.07, 6.45) is 4.30. The van der Waals surface area contributed by atoms with E-state index >= 15 is 0 Å². The van der Waals surface area contributed by atoms with E-state index in [2.05, 4.69) is 34.9 Å². The molecule has 1 amide bonds. The van der Waals surface area contributed by atoms with Gasteiger partial charge in [-0.2, -0.15) is 0 Å². The molecule has 1 heterocycles. The van der Waals surface area contributed by atoms with Crippen LogP contribution in [-0.4, -0.2) is 38.4 Å². The topological polar surface area (TPSA) is 68.8 Å². The highest BCUT2D eigenvalue weighted by molar-refractivity contribution is 5.93. The summed E-state index contributed by atoms with van der Waals surface area (Å²) >= 11 is 0. The monoisotopic (exact) mass is 460 g/mol. The smallest absolute Gasteiger partial charge is 0.243 e. The molecule has 0 spiro atoms. The fourth-order valence-corrected chi connectivity index (χ4v) is 3.77. The molecule has 3 aromatic carbocycles. The Hall–Kier alpha value is -3.51. The largest absolute Gasteiger partial charge is 0.494 e. The van der Waals surface area contributed by atoms with Gasteiger partial charge in [-0.15, -0.1) is 0 Å². The minimum Gasteiger partial charge on any atom is -0.494 e. The maximum atomic E-state index is 12.3. The van der Waals surface area contributed by atoms with Crippen molar-refractivity contribution in [3.05, 3.63) is 84.4 Å². The predicted octanol–water partition coefficient (Wildman–Crippen LogP) is 5.31. The van der Waals surface area contributed by atoms with Crippen LogP contribution in [0.5, 0.6) is 11.5 Å². The molecule has 34 heavy (non-hydrogen) atoms. The number of carbonyl (C=O) groups is 1. The van der Waals surface area contributed by atoms with Crippen molar-refractivity contribution in [3.8, 4) is 11.5 Å². The van der Waals surface area contributed by atoms with E-state index in [4.69, 9.17) is 14.2 Å². The Labute approximate surface area is 201 Å². The zero-order valence-corrected chi connectivity index (χ0v) is 19.4. The Morgan fingerprint density at radius 3 is 2.29 bits per heavy atom. The molecule has 1 fully saturated rings. The van der Waals surface area contributed by atoms with Crippen LogP contribution < -0.4 is 20.1 Å². The lowest BCUT2D eigenvalue weighted by Gasteiger charge is -2.12. The SMILES string of the molecule is O=C(CNc1ccc(OCC2CCCO2)cc1)Nc1ccc(OCCCc2ccccc2)cc1. The third-order valence-electron chi connectivity index (χ3n) is 5.63. The maximum absolute atomic E-state index is 12.3. The summed E-state index contributed by atoms with van der Waals surface area (Å²) in [6, 6.07) is 25.4. The lowest BCUT2D eigenvalue weighted by Crippen LogP contribution is -2.21. The van der Waals surface area contributed by atoms with Gasteiger partial charge in [0, 0.05) is 18.0 Å². The van der Waals surface area contributed by atoms with E-state index in [0.717, 1.165) is 55.2 Å². The first-order valence-corrected chi connectivity index (χ1v) is 11.9. The van der Waals surface area contributed by atoms with Gasteiger partial charge in [0.05, 0.1) is 19.3 Å². The summed E-state index contributed by atoms with van der Waals surface area (Å²) < 4.78 is 17.1. The van der Waals surface area contributed by atoms with Crippen LogP contribution in [0.25, 0.3) is 0 Å². The van der Waals surface area contributed by atoms with Crippen molar-refractivity contribution in [3.63, 3.8) is 0 Å². The van der Waals surface area contributed by atoms with Gasteiger partial charge in [0.25, 0.3) is 0 Å². The average Bonchev–Trinajstić information content (AvgIpc) is 3.40. The molecule has 0 aliphatic carbocycles. The number of hydrogen-bond acceptors (Lipinski definition) is 5. The number of aryl methyl sites for hydroxylation is 1. The van der Waals surface area contributed by atoms with Gasteiger partial charge in [-0.25, -0.2) is 0 Å². The second-order valence-electron chi connectivity index (χ2n) is 8.33. The molecule has 0 bridgehead atoms. The first-order valence-electron chi connectivity index (χ1n) is 11.9. The second kappa shape index (κ2) is 12.7. The maximum Gasteiger partial charge on any atom is 0.243 e. The summed E-state index contributed by atoms with van der Waals surface area (Å²) in [5.74, 6) is 1.48. The van der Waals surface area contributed by atoms with Crippen LogP contribution in [0.15, 0.2) is 78.9 Å². The van der Waals surface area contributed by atoms with E-state index in [-0.39, 0.29) is 18.6 Å². The zero-order valence-electron chi connectivity index (χ0n) is 19.4. The van der Waals surface area contributed by atoms with Crippen LogP contribution in [-0.2, 0) is 16.0 Å². The molecule has 0 radical (unpaired) electrons. The Balaban J connectivity index is 1.12. The highest BCUT2D eigenvalue weighted by Crippen LogP contribution is 2.19. The molecule has 178 valence electrons. The molecule has 4 rings (SSSR count). The van der Waals surface area contributed by atoms with Gasteiger partial charge < -0.3 is 24.8 Å². The highest BCUT2D eigenvalue weighted by Gasteiger charge is 2.15. The number of rotatable bonds is 12. The van der Waals surface area contributed by atoms with Gasteiger partial charge in [-0.3, -0.25) is 4.79 Å². The summed E-state index contributed by atoms with van der Waals surface area (Å²) in [5.41, 5.74) is 2.91. The quantitative estimate of drug-likeness (QED) is 0.359. The number of carbonyl (C=O) groups excluding carboxylic acids is 1. The first kappa shape index (κ1) is 23.6. The molecule has 1 aliphatic heterocycles. The van der Waals surface area contributed by atoms with Crippen molar-refractivity contribution < 1.29 is 19.0 Å². The Morgan fingerprint density at radius 2 is 1.59 bits per heavy atom. The Kier molecular flexibility index (Phi) is 8.80. The summed E-state index contributed by atoms with van der Waals surface area (Å²) in [7, 11) is 0. The molecule has 3 aromatic rings. The number of anilines is 2. The summed E-state index contributed by atoms with van der Waals surface area (Å²) in [5, 5.41) is 6.03. The third kappa shape index (κ3) is 7.81. The van der Waals surface area contributed by atoms with Crippen molar-refractivity contribution in [1.29, 1.82) is 0 Å². The molecule has 1 saturated heterocycles. The van der Waals surface area contributed by atoms with Gasteiger partial charge in [-0.1, -0.05) is 30.3 Å². The fraction of sp³-hybridized carbons (Fsp3) is 0.321. The number of hydrogen-bond donors (Lipinski definition) is 2. The van der Waals surface area contributed by atoms with Gasteiger partial charge in [-0.05, 0) is 79.8 Å². The standard InChI is InChI=1S/C28H32N2O4/c31-28(20-29-23-10-14-26(15-11-23)34-21-27-9-5-19-33-27)30-24-12-16-25(17-13-24)32-18-4-8-22-6-2-1-3-7-22/h1-3,6-7,10-17,27,29H,4-5,8-9,18-21H2,(H,30,31). The van der Waals surface area contributed by atoms with E-state index in [1.165, 1.54) is 5.56 Å². The Bertz CT molecular complexity index is 1000. The number of amides is 1. The lowest BCUT2D eigenvalue weighted by atomic mass is 10.1. The molecule has 6 nitrogen and oxygen atoms in total. The summed E-state index contributed by atoms with van der Waals surface area (Å²) in [6.45, 7) is 2.23. The third-order valence-corrected chi connectivity index (χ3v) is 5.63. The lowest BCUT2D eigenvalue weighted by molar-refractivity contribution is -0.114. The minimum atomic E-state index is -0.116. The molecule has 0 saturated carbocycles. The van der Waals surface area contributed by atoms with Gasteiger partial charge in [0.15, 0.2) is 0 Å². The van der Waals surface area contributed by atoms with Crippen molar-refractivity contribution >= 4 is 17.3 Å². The van der Waals surface area contributed by atoms with E-state index in [9.17, 15) is 4.79 Å². The van der Waals surface area contributed by atoms with Gasteiger partial charge in [0.1, 0.15) is 18.1 Å². The number of nitrogens with one attached hydrogen (secondary N) is 2. The second-order valence-corrected chi connectivity index (χ2v) is 8.33. The fourth-order valence-electron chi connectivity index (χ4n) is 3.77. The predicted molar refractivity (Wildman–Crippen MR) is 135 cm³/mol. The molecular weight excluding hydrogens is 428 g/mol. The van der Waals surface area contributed by atoms with Crippen molar-refractivity contribution in [2.45, 2.75) is 31.8 Å². The van der Waals surface area contributed by atoms with Crippen molar-refractivity contribution in [2.24, 2.45) is 0 Å². The number of benzene rings is 3. The molecular formula is C28H32N2O4. The van der Waals surface area contributed by atoms with E-state index in [1.54, 1.807) is 0 Å². The van der Waals surface area contributed by atoms with E-state index < -0.39 is 0 Å². The first-order chi connectivity index (χ1) is 16.7. The molecule has 2 N–H and O–H groups in total. The minimum absolute atomic E-state index is 0.116. The Morgan fingerprint density at radius 1 is 0.882 bits per heavy atom. The molecule has 1 atom stereocenters. The van der Waals surface area contributed by atoms with E-state index in [1.807, 2.05) is 54.6 Å². The highest BCUT2D eigenvalue weighted by atomic mass is 16.5. The van der Waals surface area contributed by atoms with Crippen molar-refractivity contribution in [1.82, 2.24) is 0 Å². The van der Waals surface area contributed by atoms with Crippen LogP contribution in [0.3, 0.4) is 0 Å². The zero-order chi connectivity index (χ0) is 23.4. The summed E-state index contributed by atoms with van der Waals surface area (Å²) in [4.78, 5) is 12.3. The van der Waals surface area contributed by atoms with Crippen molar-refractivity contribution in [2.75, 3.05) is 37.0 Å². The van der Waals surface area contributed by atoms with Crippen LogP contribution in [0, 0.1) is 0 Å². The van der Waals surface area contributed by atoms with Crippen LogP contribution in [0.1, 0.15) is 24.8 Å². The molecule has 1 unspecified atom stereocenters. The van der Waals surface area contributed by atoms with E-state index in [0.29, 0.717) is 13.2 Å². The molecule has 6 heteroatoms. The average molecular weight is 461 g/mol. The van der Waals surface area contributed by atoms with Crippen LogP contribution in [0.4, 0.5) is 11.4 Å². The van der Waals surface area contributed by atoms with Crippen LogP contribution in [0.2, 0.25) is 0 Å².